The van der Waals surface area contributed by atoms with Crippen LogP contribution in [-0.2, 0) is 11.3 Å². The van der Waals surface area contributed by atoms with Crippen LogP contribution in [0, 0.1) is 6.92 Å². The van der Waals surface area contributed by atoms with Gasteiger partial charge in [0.2, 0.25) is 0 Å². The summed E-state index contributed by atoms with van der Waals surface area (Å²) in [6.07, 6.45) is 0.0678. The molecule has 0 aliphatic carbocycles. The lowest BCUT2D eigenvalue weighted by Gasteiger charge is -2.08. The molecule has 4 N–H and O–H groups in total. The molecule has 8 heteroatoms. The minimum Gasteiger partial charge on any atom is -0.479 e. The first-order chi connectivity index (χ1) is 7.99. The number of carboxylic acids is 1. The summed E-state index contributed by atoms with van der Waals surface area (Å²) < 4.78 is 0. The standard InChI is InChI=1S/C9H13N3O4S/c1-5-10-2-6(17-5)3-11-9(16)12-4-7(13)8(14)15/h2,7,13H,3-4H2,1H3,(H,14,15)(H2,11,12,16). The second-order valence-electron chi connectivity index (χ2n) is 3.26. The fraction of sp³-hybridized carbons (Fsp3) is 0.444. The molecule has 1 aromatic rings. The number of aryl methyl sites for hydroxylation is 1. The van der Waals surface area contributed by atoms with E-state index in [1.54, 1.807) is 6.20 Å². The Bertz CT molecular complexity index is 407. The molecule has 0 aliphatic heterocycles. The number of aliphatic hydroxyl groups is 1. The average Bonchev–Trinajstić information content (AvgIpc) is 2.69. The minimum atomic E-state index is -1.59. The van der Waals surface area contributed by atoms with Crippen LogP contribution >= 0.6 is 11.3 Å². The highest BCUT2D eigenvalue weighted by molar-refractivity contribution is 7.11. The Kier molecular flexibility index (Phi) is 4.85. The maximum absolute atomic E-state index is 11.2. The third-order valence-electron chi connectivity index (χ3n) is 1.83. The Hall–Kier alpha value is -1.67. The average molecular weight is 259 g/mol. The van der Waals surface area contributed by atoms with Gasteiger partial charge in [0.1, 0.15) is 0 Å². The summed E-state index contributed by atoms with van der Waals surface area (Å²) >= 11 is 1.46. The molecule has 1 atom stereocenters. The minimum absolute atomic E-state index is 0.320. The van der Waals surface area contributed by atoms with Crippen LogP contribution in [0.25, 0.3) is 0 Å². The third kappa shape index (κ3) is 4.79. The SMILES string of the molecule is Cc1ncc(CNC(=O)NCC(O)C(=O)O)s1. The van der Waals surface area contributed by atoms with Crippen LogP contribution in [0.3, 0.4) is 0 Å². The number of urea groups is 1. The number of carboxylic acid groups (broad SMARTS) is 1. The van der Waals surface area contributed by atoms with E-state index in [-0.39, 0.29) is 6.54 Å². The highest BCUT2D eigenvalue weighted by Crippen LogP contribution is 2.10. The molecular formula is C9H13N3O4S. The van der Waals surface area contributed by atoms with E-state index < -0.39 is 18.1 Å². The number of carbonyl (C=O) groups excluding carboxylic acids is 1. The van der Waals surface area contributed by atoms with Gasteiger partial charge < -0.3 is 20.8 Å². The largest absolute Gasteiger partial charge is 0.479 e. The lowest BCUT2D eigenvalue weighted by Crippen LogP contribution is -2.41. The monoisotopic (exact) mass is 259 g/mol. The van der Waals surface area contributed by atoms with Crippen LogP contribution in [0.5, 0.6) is 0 Å². The lowest BCUT2D eigenvalue weighted by molar-refractivity contribution is -0.146. The van der Waals surface area contributed by atoms with Crippen LogP contribution in [0.15, 0.2) is 6.20 Å². The van der Waals surface area contributed by atoms with Crippen molar-refractivity contribution in [3.63, 3.8) is 0 Å². The Morgan fingerprint density at radius 1 is 1.53 bits per heavy atom. The summed E-state index contributed by atoms with van der Waals surface area (Å²) in [7, 11) is 0. The zero-order chi connectivity index (χ0) is 12.8. The van der Waals surface area contributed by atoms with Crippen molar-refractivity contribution in [2.24, 2.45) is 0 Å². The topological polar surface area (TPSA) is 112 Å². The van der Waals surface area contributed by atoms with Gasteiger partial charge in [0.15, 0.2) is 6.10 Å². The zero-order valence-electron chi connectivity index (χ0n) is 9.14. The summed E-state index contributed by atoms with van der Waals surface area (Å²) in [5, 5.41) is 23.0. The number of rotatable bonds is 5. The van der Waals surface area contributed by atoms with Crippen LogP contribution in [0.4, 0.5) is 4.79 Å². The van der Waals surface area contributed by atoms with Crippen molar-refractivity contribution in [1.29, 1.82) is 0 Å². The van der Waals surface area contributed by atoms with Crippen LogP contribution in [0.2, 0.25) is 0 Å². The van der Waals surface area contributed by atoms with Crippen molar-refractivity contribution in [3.8, 4) is 0 Å². The van der Waals surface area contributed by atoms with Gasteiger partial charge in [-0.1, -0.05) is 0 Å². The summed E-state index contributed by atoms with van der Waals surface area (Å²) in [5.74, 6) is -1.37. The van der Waals surface area contributed by atoms with E-state index in [4.69, 9.17) is 10.2 Å². The van der Waals surface area contributed by atoms with Gasteiger partial charge in [-0.2, -0.15) is 0 Å². The third-order valence-corrected chi connectivity index (χ3v) is 2.75. The molecule has 0 spiro atoms. The number of aromatic nitrogens is 1. The van der Waals surface area contributed by atoms with Crippen molar-refractivity contribution < 1.29 is 19.8 Å². The number of hydrogen-bond donors (Lipinski definition) is 4. The van der Waals surface area contributed by atoms with E-state index >= 15 is 0 Å². The number of amides is 2. The maximum Gasteiger partial charge on any atom is 0.334 e. The molecule has 0 aliphatic rings. The molecule has 7 nitrogen and oxygen atoms in total. The first-order valence-electron chi connectivity index (χ1n) is 4.83. The summed E-state index contributed by atoms with van der Waals surface area (Å²) in [6, 6.07) is -0.531. The van der Waals surface area contributed by atoms with Gasteiger partial charge >= 0.3 is 12.0 Å². The smallest absolute Gasteiger partial charge is 0.334 e. The summed E-state index contributed by atoms with van der Waals surface area (Å²) in [6.45, 7) is 1.85. The molecule has 0 saturated heterocycles. The van der Waals surface area contributed by atoms with E-state index in [0.29, 0.717) is 6.54 Å². The van der Waals surface area contributed by atoms with E-state index in [0.717, 1.165) is 9.88 Å². The Morgan fingerprint density at radius 3 is 2.76 bits per heavy atom. The molecule has 0 radical (unpaired) electrons. The molecule has 17 heavy (non-hydrogen) atoms. The van der Waals surface area contributed by atoms with Gasteiger partial charge in [-0.15, -0.1) is 11.3 Å². The van der Waals surface area contributed by atoms with Crippen LogP contribution in [0.1, 0.15) is 9.88 Å². The van der Waals surface area contributed by atoms with Crippen molar-refractivity contribution in [3.05, 3.63) is 16.1 Å². The highest BCUT2D eigenvalue weighted by atomic mass is 32.1. The number of aliphatic hydroxyl groups excluding tert-OH is 1. The quantitative estimate of drug-likeness (QED) is 0.580. The lowest BCUT2D eigenvalue weighted by atomic mass is 10.4. The molecule has 1 heterocycles. The van der Waals surface area contributed by atoms with Gasteiger partial charge in [0.05, 0.1) is 18.1 Å². The van der Waals surface area contributed by atoms with Crippen molar-refractivity contribution in [1.82, 2.24) is 15.6 Å². The number of carbonyl (C=O) groups is 2. The zero-order valence-corrected chi connectivity index (χ0v) is 9.95. The fourth-order valence-corrected chi connectivity index (χ4v) is 1.73. The predicted octanol–water partition coefficient (Wildman–Crippen LogP) is -0.304. The van der Waals surface area contributed by atoms with Crippen LogP contribution < -0.4 is 10.6 Å². The maximum atomic E-state index is 11.2. The number of nitrogens with zero attached hydrogens (tertiary/aromatic N) is 1. The predicted molar refractivity (Wildman–Crippen MR) is 60.7 cm³/mol. The first-order valence-corrected chi connectivity index (χ1v) is 5.64. The van der Waals surface area contributed by atoms with Gasteiger partial charge in [0.25, 0.3) is 0 Å². The number of nitrogens with one attached hydrogen (secondary N) is 2. The molecule has 0 aromatic carbocycles. The van der Waals surface area contributed by atoms with Gasteiger partial charge in [-0.25, -0.2) is 14.6 Å². The molecule has 1 aromatic heterocycles. The van der Waals surface area contributed by atoms with E-state index in [1.807, 2.05) is 6.92 Å². The number of thiazole rings is 1. The van der Waals surface area contributed by atoms with E-state index in [1.165, 1.54) is 11.3 Å². The normalized spacial score (nSPS) is 11.9. The Labute approximate surface area is 101 Å². The van der Waals surface area contributed by atoms with Crippen molar-refractivity contribution in [2.75, 3.05) is 6.54 Å². The van der Waals surface area contributed by atoms with Gasteiger partial charge in [-0.05, 0) is 6.92 Å². The number of hydrogen-bond acceptors (Lipinski definition) is 5. The fourth-order valence-electron chi connectivity index (χ4n) is 0.994. The second-order valence-corrected chi connectivity index (χ2v) is 4.58. The summed E-state index contributed by atoms with van der Waals surface area (Å²) in [4.78, 5) is 26.4. The first kappa shape index (κ1) is 13.4. The molecule has 1 unspecified atom stereocenters. The molecule has 2 amide bonds. The summed E-state index contributed by atoms with van der Waals surface area (Å²) in [5.41, 5.74) is 0. The van der Waals surface area contributed by atoms with Crippen LogP contribution in [-0.4, -0.2) is 39.8 Å². The Morgan fingerprint density at radius 2 is 2.24 bits per heavy atom. The molecule has 0 saturated carbocycles. The molecule has 0 fully saturated rings. The molecule has 1 rings (SSSR count). The highest BCUT2D eigenvalue weighted by Gasteiger charge is 2.13. The van der Waals surface area contributed by atoms with E-state index in [9.17, 15) is 9.59 Å². The molecule has 94 valence electrons. The van der Waals surface area contributed by atoms with Gasteiger partial charge in [-0.3, -0.25) is 0 Å². The second kappa shape index (κ2) is 6.16. The van der Waals surface area contributed by atoms with E-state index in [2.05, 4.69) is 15.6 Å². The Balaban J connectivity index is 2.24. The molecular weight excluding hydrogens is 246 g/mol. The van der Waals surface area contributed by atoms with Crippen molar-refractivity contribution in [2.45, 2.75) is 19.6 Å². The number of aliphatic carboxylic acids is 1. The van der Waals surface area contributed by atoms with Crippen molar-refractivity contribution >= 4 is 23.3 Å². The van der Waals surface area contributed by atoms with Gasteiger partial charge in [0, 0.05) is 11.1 Å². The molecule has 0 bridgehead atoms.